The minimum Gasteiger partial charge on any atom is -0.304 e. The lowest BCUT2D eigenvalue weighted by molar-refractivity contribution is -0.118. The third-order valence-electron chi connectivity index (χ3n) is 3.52. The number of amides is 1. The van der Waals surface area contributed by atoms with Crippen molar-refractivity contribution in [1.29, 1.82) is 0 Å². The average Bonchev–Trinajstić information content (AvgIpc) is 2.62. The van der Waals surface area contributed by atoms with Crippen molar-refractivity contribution >= 4 is 22.8 Å². The SMILES string of the molecule is CC[C@H]1SC(=NC2CCCCCCC2)NC1=O. The van der Waals surface area contributed by atoms with Crippen molar-refractivity contribution in [3.63, 3.8) is 0 Å². The van der Waals surface area contributed by atoms with Gasteiger partial charge in [-0.2, -0.15) is 0 Å². The molecule has 1 saturated carbocycles. The maximum absolute atomic E-state index is 11.6. The molecule has 0 radical (unpaired) electrons. The van der Waals surface area contributed by atoms with Crippen LogP contribution < -0.4 is 5.32 Å². The highest BCUT2D eigenvalue weighted by Gasteiger charge is 2.28. The van der Waals surface area contributed by atoms with Crippen LogP contribution in [0.25, 0.3) is 0 Å². The summed E-state index contributed by atoms with van der Waals surface area (Å²) in [7, 11) is 0. The van der Waals surface area contributed by atoms with Gasteiger partial charge in [-0.25, -0.2) is 0 Å². The first-order valence-electron chi connectivity index (χ1n) is 6.85. The number of rotatable bonds is 2. The van der Waals surface area contributed by atoms with Crippen LogP contribution in [0.2, 0.25) is 0 Å². The van der Waals surface area contributed by atoms with Gasteiger partial charge in [0.15, 0.2) is 5.17 Å². The van der Waals surface area contributed by atoms with Crippen LogP contribution in [0.4, 0.5) is 0 Å². The summed E-state index contributed by atoms with van der Waals surface area (Å²) in [5.41, 5.74) is 0. The fourth-order valence-electron chi connectivity index (χ4n) is 2.46. The zero-order valence-corrected chi connectivity index (χ0v) is 11.4. The summed E-state index contributed by atoms with van der Waals surface area (Å²) >= 11 is 1.61. The molecule has 1 saturated heterocycles. The average molecular weight is 254 g/mol. The highest BCUT2D eigenvalue weighted by molar-refractivity contribution is 8.15. The van der Waals surface area contributed by atoms with Gasteiger partial charge < -0.3 is 5.32 Å². The highest BCUT2D eigenvalue weighted by Crippen LogP contribution is 2.25. The first kappa shape index (κ1) is 12.9. The predicted molar refractivity (Wildman–Crippen MR) is 73.4 cm³/mol. The molecule has 2 rings (SSSR count). The first-order valence-corrected chi connectivity index (χ1v) is 7.73. The van der Waals surface area contributed by atoms with Crippen molar-refractivity contribution in [2.45, 2.75) is 69.6 Å². The van der Waals surface area contributed by atoms with Gasteiger partial charge in [0.05, 0.1) is 11.3 Å². The monoisotopic (exact) mass is 254 g/mol. The third-order valence-corrected chi connectivity index (χ3v) is 4.78. The lowest BCUT2D eigenvalue weighted by atomic mass is 9.97. The normalized spacial score (nSPS) is 30.1. The van der Waals surface area contributed by atoms with E-state index in [0.29, 0.717) is 6.04 Å². The molecule has 0 aromatic rings. The molecular weight excluding hydrogens is 232 g/mol. The van der Waals surface area contributed by atoms with Gasteiger partial charge in [0.1, 0.15) is 0 Å². The van der Waals surface area contributed by atoms with Crippen molar-refractivity contribution in [3.8, 4) is 0 Å². The molecule has 2 fully saturated rings. The first-order chi connectivity index (χ1) is 8.29. The molecule has 0 unspecified atom stereocenters. The summed E-state index contributed by atoms with van der Waals surface area (Å²) in [6.07, 6.45) is 9.92. The van der Waals surface area contributed by atoms with E-state index in [2.05, 4.69) is 12.2 Å². The number of hydrogen-bond donors (Lipinski definition) is 1. The van der Waals surface area contributed by atoms with E-state index in [0.717, 1.165) is 11.6 Å². The summed E-state index contributed by atoms with van der Waals surface area (Å²) in [5.74, 6) is 0.141. The lowest BCUT2D eigenvalue weighted by Gasteiger charge is -2.16. The van der Waals surface area contributed by atoms with Gasteiger partial charge in [0, 0.05) is 0 Å². The van der Waals surface area contributed by atoms with E-state index in [1.807, 2.05) is 0 Å². The van der Waals surface area contributed by atoms with Gasteiger partial charge in [0.25, 0.3) is 0 Å². The quantitative estimate of drug-likeness (QED) is 0.822. The van der Waals surface area contributed by atoms with Crippen LogP contribution in [-0.4, -0.2) is 22.4 Å². The standard InChI is InChI=1S/C13H22N2OS/c1-2-11-12(16)15-13(17-11)14-10-8-6-4-3-5-7-9-10/h10-11H,2-9H2,1H3,(H,14,15,16)/t11-/m1/s1. The van der Waals surface area contributed by atoms with Crippen molar-refractivity contribution in [2.75, 3.05) is 0 Å². The molecule has 0 spiro atoms. The second-order valence-corrected chi connectivity index (χ2v) is 6.13. The Labute approximate surface area is 108 Å². The second-order valence-electron chi connectivity index (χ2n) is 4.94. The Morgan fingerprint density at radius 3 is 2.47 bits per heavy atom. The molecular formula is C13H22N2OS. The van der Waals surface area contributed by atoms with Crippen molar-refractivity contribution in [1.82, 2.24) is 5.32 Å². The molecule has 1 amide bonds. The molecule has 1 atom stereocenters. The summed E-state index contributed by atoms with van der Waals surface area (Å²) in [4.78, 5) is 16.3. The molecule has 1 heterocycles. The Morgan fingerprint density at radius 2 is 1.88 bits per heavy atom. The van der Waals surface area contributed by atoms with Crippen LogP contribution in [0.15, 0.2) is 4.99 Å². The van der Waals surface area contributed by atoms with E-state index < -0.39 is 0 Å². The number of nitrogens with one attached hydrogen (secondary N) is 1. The number of aliphatic imine (C=N–C) groups is 1. The van der Waals surface area contributed by atoms with E-state index in [9.17, 15) is 4.79 Å². The van der Waals surface area contributed by atoms with Crippen LogP contribution in [0.3, 0.4) is 0 Å². The maximum atomic E-state index is 11.6. The molecule has 2 aliphatic rings. The summed E-state index contributed by atoms with van der Waals surface area (Å²) in [5, 5.41) is 3.87. The largest absolute Gasteiger partial charge is 0.304 e. The van der Waals surface area contributed by atoms with Crippen molar-refractivity contribution in [3.05, 3.63) is 0 Å². The van der Waals surface area contributed by atoms with E-state index in [1.165, 1.54) is 44.9 Å². The van der Waals surface area contributed by atoms with Crippen molar-refractivity contribution in [2.24, 2.45) is 4.99 Å². The molecule has 96 valence electrons. The summed E-state index contributed by atoms with van der Waals surface area (Å²) < 4.78 is 0. The molecule has 3 nitrogen and oxygen atoms in total. The smallest absolute Gasteiger partial charge is 0.239 e. The van der Waals surface area contributed by atoms with E-state index in [4.69, 9.17) is 4.99 Å². The van der Waals surface area contributed by atoms with Gasteiger partial charge in [-0.15, -0.1) is 0 Å². The Balaban J connectivity index is 1.91. The Bertz CT molecular complexity index is 296. The topological polar surface area (TPSA) is 41.5 Å². The Kier molecular flexibility index (Phi) is 4.89. The molecule has 0 bridgehead atoms. The van der Waals surface area contributed by atoms with Gasteiger partial charge in [-0.1, -0.05) is 50.8 Å². The Hall–Kier alpha value is -0.510. The van der Waals surface area contributed by atoms with Crippen LogP contribution in [0.5, 0.6) is 0 Å². The highest BCUT2D eigenvalue weighted by atomic mass is 32.2. The number of carbonyl (C=O) groups excluding carboxylic acids is 1. The zero-order chi connectivity index (χ0) is 12.1. The van der Waals surface area contributed by atoms with Crippen LogP contribution in [-0.2, 0) is 4.79 Å². The molecule has 1 aliphatic carbocycles. The Morgan fingerprint density at radius 1 is 1.24 bits per heavy atom. The molecule has 4 heteroatoms. The molecule has 0 aromatic carbocycles. The van der Waals surface area contributed by atoms with Gasteiger partial charge >= 0.3 is 0 Å². The van der Waals surface area contributed by atoms with Crippen molar-refractivity contribution < 1.29 is 4.79 Å². The minimum atomic E-state index is 0.0855. The zero-order valence-electron chi connectivity index (χ0n) is 10.6. The third kappa shape index (κ3) is 3.73. The number of thioether (sulfide) groups is 1. The van der Waals surface area contributed by atoms with E-state index in [-0.39, 0.29) is 11.2 Å². The molecule has 1 N–H and O–H groups in total. The second kappa shape index (κ2) is 6.43. The fraction of sp³-hybridized carbons (Fsp3) is 0.846. The minimum absolute atomic E-state index is 0.0855. The van der Waals surface area contributed by atoms with Gasteiger partial charge in [0.2, 0.25) is 5.91 Å². The van der Waals surface area contributed by atoms with Crippen LogP contribution >= 0.6 is 11.8 Å². The predicted octanol–water partition coefficient (Wildman–Crippen LogP) is 3.10. The van der Waals surface area contributed by atoms with Crippen LogP contribution in [0, 0.1) is 0 Å². The summed E-state index contributed by atoms with van der Waals surface area (Å²) in [6.45, 7) is 2.05. The number of nitrogens with zero attached hydrogens (tertiary/aromatic N) is 1. The maximum Gasteiger partial charge on any atom is 0.239 e. The van der Waals surface area contributed by atoms with E-state index in [1.54, 1.807) is 11.8 Å². The fourth-order valence-corrected chi connectivity index (χ4v) is 3.44. The van der Waals surface area contributed by atoms with E-state index >= 15 is 0 Å². The van der Waals surface area contributed by atoms with Gasteiger partial charge in [-0.05, 0) is 19.3 Å². The number of hydrogen-bond acceptors (Lipinski definition) is 3. The van der Waals surface area contributed by atoms with Crippen LogP contribution in [0.1, 0.15) is 58.3 Å². The molecule has 17 heavy (non-hydrogen) atoms. The molecule has 1 aliphatic heterocycles. The summed E-state index contributed by atoms with van der Waals surface area (Å²) in [6, 6.07) is 0.439. The lowest BCUT2D eigenvalue weighted by Crippen LogP contribution is -2.25. The number of amidine groups is 1. The van der Waals surface area contributed by atoms with Gasteiger partial charge in [-0.3, -0.25) is 9.79 Å². The molecule has 0 aromatic heterocycles. The number of carbonyl (C=O) groups is 1.